The number of imidazole rings is 1. The van der Waals surface area contributed by atoms with Gasteiger partial charge in [-0.05, 0) is 36.1 Å². The third-order valence-corrected chi connectivity index (χ3v) is 3.69. The van der Waals surface area contributed by atoms with E-state index in [-0.39, 0.29) is 24.0 Å². The summed E-state index contributed by atoms with van der Waals surface area (Å²) in [7, 11) is 0. The van der Waals surface area contributed by atoms with Crippen LogP contribution in [0, 0.1) is 0 Å². The Morgan fingerprint density at radius 1 is 1.40 bits per heavy atom. The molecule has 0 saturated carbocycles. The minimum absolute atomic E-state index is 0. The lowest BCUT2D eigenvalue weighted by atomic mass is 9.85. The third kappa shape index (κ3) is 2.42. The van der Waals surface area contributed by atoms with Crippen LogP contribution in [-0.4, -0.2) is 25.7 Å². The lowest BCUT2D eigenvalue weighted by Crippen LogP contribution is -2.23. The Labute approximate surface area is 122 Å². The Bertz CT molecular complexity index is 613. The van der Waals surface area contributed by atoms with E-state index < -0.39 is 12.1 Å². The second kappa shape index (κ2) is 5.64. The number of aromatic carboxylic acids is 1. The number of aliphatic hydroxyl groups excluding tert-OH is 1. The van der Waals surface area contributed by atoms with Crippen molar-refractivity contribution in [3.8, 4) is 0 Å². The molecule has 0 bridgehead atoms. The van der Waals surface area contributed by atoms with Crippen LogP contribution in [0.5, 0.6) is 0 Å². The van der Waals surface area contributed by atoms with Gasteiger partial charge in [-0.1, -0.05) is 6.07 Å². The van der Waals surface area contributed by atoms with Crippen molar-refractivity contribution in [2.75, 3.05) is 0 Å². The molecule has 0 amide bonds. The Morgan fingerprint density at radius 3 is 2.85 bits per heavy atom. The molecule has 0 fully saturated rings. The van der Waals surface area contributed by atoms with E-state index in [1.165, 1.54) is 0 Å². The van der Waals surface area contributed by atoms with E-state index in [2.05, 4.69) is 4.98 Å². The van der Waals surface area contributed by atoms with Crippen molar-refractivity contribution in [2.45, 2.75) is 25.0 Å². The maximum absolute atomic E-state index is 11.0. The van der Waals surface area contributed by atoms with Crippen LogP contribution in [0.15, 0.2) is 36.9 Å². The van der Waals surface area contributed by atoms with Gasteiger partial charge in [-0.15, -0.1) is 12.4 Å². The molecule has 0 radical (unpaired) electrons. The summed E-state index contributed by atoms with van der Waals surface area (Å²) in [5.41, 5.74) is 1.95. The van der Waals surface area contributed by atoms with Crippen molar-refractivity contribution in [1.29, 1.82) is 0 Å². The third-order valence-electron chi connectivity index (χ3n) is 3.69. The molecule has 6 heteroatoms. The lowest BCUT2D eigenvalue weighted by Gasteiger charge is -2.31. The number of halogens is 1. The van der Waals surface area contributed by atoms with Gasteiger partial charge in [0.1, 0.15) is 0 Å². The van der Waals surface area contributed by atoms with Crippen molar-refractivity contribution in [2.24, 2.45) is 0 Å². The van der Waals surface area contributed by atoms with Crippen molar-refractivity contribution in [3.63, 3.8) is 0 Å². The Kier molecular flexibility index (Phi) is 4.11. The fraction of sp³-hybridized carbons (Fsp3) is 0.286. The van der Waals surface area contributed by atoms with Crippen LogP contribution in [0.2, 0.25) is 0 Å². The van der Waals surface area contributed by atoms with Gasteiger partial charge in [0, 0.05) is 12.4 Å². The number of carboxylic acids is 1. The van der Waals surface area contributed by atoms with Crippen LogP contribution < -0.4 is 0 Å². The average Bonchev–Trinajstić information content (AvgIpc) is 2.92. The van der Waals surface area contributed by atoms with Crippen LogP contribution in [-0.2, 0) is 6.42 Å². The van der Waals surface area contributed by atoms with Gasteiger partial charge < -0.3 is 14.8 Å². The Hall–Kier alpha value is -1.85. The number of hydrogen-bond donors (Lipinski definition) is 2. The van der Waals surface area contributed by atoms with Crippen molar-refractivity contribution < 1.29 is 15.0 Å². The molecule has 5 nitrogen and oxygen atoms in total. The number of fused-ring (bicyclic) bond motifs is 1. The highest BCUT2D eigenvalue weighted by atomic mass is 35.5. The minimum atomic E-state index is -0.972. The summed E-state index contributed by atoms with van der Waals surface area (Å²) < 4.78 is 1.88. The van der Waals surface area contributed by atoms with Gasteiger partial charge in [-0.25, -0.2) is 9.78 Å². The molecular formula is C14H15ClN2O3. The normalized spacial score (nSPS) is 20.9. The monoisotopic (exact) mass is 294 g/mol. The van der Waals surface area contributed by atoms with Crippen LogP contribution in [0.3, 0.4) is 0 Å². The van der Waals surface area contributed by atoms with Crippen molar-refractivity contribution in [1.82, 2.24) is 9.55 Å². The molecule has 20 heavy (non-hydrogen) atoms. The second-order valence-electron chi connectivity index (χ2n) is 4.78. The molecule has 0 aliphatic heterocycles. The first-order valence-corrected chi connectivity index (χ1v) is 6.18. The van der Waals surface area contributed by atoms with E-state index >= 15 is 0 Å². The fourth-order valence-corrected chi connectivity index (χ4v) is 2.68. The van der Waals surface area contributed by atoms with Crippen LogP contribution in [0.1, 0.15) is 40.1 Å². The molecule has 3 rings (SSSR count). The fourth-order valence-electron chi connectivity index (χ4n) is 2.68. The zero-order chi connectivity index (χ0) is 13.4. The molecule has 106 valence electrons. The van der Waals surface area contributed by atoms with Gasteiger partial charge in [0.15, 0.2) is 0 Å². The van der Waals surface area contributed by atoms with Crippen LogP contribution in [0.4, 0.5) is 0 Å². The minimum Gasteiger partial charge on any atom is -0.478 e. The highest BCUT2D eigenvalue weighted by molar-refractivity contribution is 5.88. The van der Waals surface area contributed by atoms with Gasteiger partial charge in [-0.2, -0.15) is 0 Å². The maximum Gasteiger partial charge on any atom is 0.335 e. The lowest BCUT2D eigenvalue weighted by molar-refractivity contribution is 0.0695. The summed E-state index contributed by atoms with van der Waals surface area (Å²) in [5, 5.41) is 19.5. The molecule has 0 spiro atoms. The first-order valence-electron chi connectivity index (χ1n) is 6.18. The molecule has 1 unspecified atom stereocenters. The second-order valence-corrected chi connectivity index (χ2v) is 4.78. The predicted octanol–water partition coefficient (Wildman–Crippen LogP) is 2.22. The van der Waals surface area contributed by atoms with E-state index in [9.17, 15) is 9.90 Å². The van der Waals surface area contributed by atoms with Gasteiger partial charge in [-0.3, -0.25) is 0 Å². The number of carbonyl (C=O) groups is 1. The average molecular weight is 295 g/mol. The smallest absolute Gasteiger partial charge is 0.335 e. The number of hydrogen-bond acceptors (Lipinski definition) is 3. The molecule has 1 aromatic carbocycles. The summed E-state index contributed by atoms with van der Waals surface area (Å²) in [4.78, 5) is 15.0. The van der Waals surface area contributed by atoms with Gasteiger partial charge in [0.25, 0.3) is 0 Å². The number of aryl methyl sites for hydroxylation is 1. The molecule has 1 heterocycles. The Balaban J connectivity index is 0.00000147. The van der Waals surface area contributed by atoms with Crippen molar-refractivity contribution in [3.05, 3.63) is 53.6 Å². The predicted molar refractivity (Wildman–Crippen MR) is 75.2 cm³/mol. The summed E-state index contributed by atoms with van der Waals surface area (Å²) in [5.74, 6) is -0.972. The highest BCUT2D eigenvalue weighted by Gasteiger charge is 2.29. The van der Waals surface area contributed by atoms with Gasteiger partial charge in [0.2, 0.25) is 0 Å². The van der Waals surface area contributed by atoms with Crippen LogP contribution >= 0.6 is 12.4 Å². The number of benzene rings is 1. The Morgan fingerprint density at radius 2 is 2.20 bits per heavy atom. The molecule has 1 aliphatic rings. The standard InChI is InChI=1S/C14H14N2O3.ClH/c17-13-11-7-10(14(18)19)2-1-9(11)3-4-12(13)16-6-5-15-8-16;/h1-2,5-8,12-13,17H,3-4H2,(H,18,19);1H/t12?,13-;/m1./s1. The van der Waals surface area contributed by atoms with E-state index in [4.69, 9.17) is 5.11 Å². The van der Waals surface area contributed by atoms with E-state index in [0.717, 1.165) is 18.4 Å². The van der Waals surface area contributed by atoms with E-state index in [1.807, 2.05) is 10.8 Å². The molecule has 2 aromatic rings. The first kappa shape index (κ1) is 14.6. The summed E-state index contributed by atoms with van der Waals surface area (Å²) in [6.07, 6.45) is 6.12. The highest BCUT2D eigenvalue weighted by Crippen LogP contribution is 2.37. The molecule has 1 aliphatic carbocycles. The first-order chi connectivity index (χ1) is 9.16. The largest absolute Gasteiger partial charge is 0.478 e. The number of rotatable bonds is 2. The topological polar surface area (TPSA) is 75.3 Å². The number of aromatic nitrogens is 2. The number of carboxylic acid groups (broad SMARTS) is 1. The molecule has 2 atom stereocenters. The SMILES string of the molecule is Cl.O=C(O)c1ccc2c(c1)[C@@H](O)C(n1ccnc1)CC2. The maximum atomic E-state index is 11.0. The van der Waals surface area contributed by atoms with Gasteiger partial charge in [0.05, 0.1) is 24.0 Å². The quantitative estimate of drug-likeness (QED) is 0.890. The van der Waals surface area contributed by atoms with E-state index in [0.29, 0.717) is 5.56 Å². The zero-order valence-corrected chi connectivity index (χ0v) is 11.5. The van der Waals surface area contributed by atoms with Crippen LogP contribution in [0.25, 0.3) is 0 Å². The van der Waals surface area contributed by atoms with E-state index in [1.54, 1.807) is 30.7 Å². The molecule has 0 saturated heterocycles. The molecule has 1 aromatic heterocycles. The van der Waals surface area contributed by atoms with Gasteiger partial charge >= 0.3 is 5.97 Å². The number of aliphatic hydroxyl groups is 1. The molecule has 2 N–H and O–H groups in total. The summed E-state index contributed by atoms with van der Waals surface area (Å²) >= 11 is 0. The van der Waals surface area contributed by atoms with Crippen molar-refractivity contribution >= 4 is 18.4 Å². The molecular weight excluding hydrogens is 280 g/mol. The number of nitrogens with zero attached hydrogens (tertiary/aromatic N) is 2. The summed E-state index contributed by atoms with van der Waals surface area (Å²) in [6.45, 7) is 0. The zero-order valence-electron chi connectivity index (χ0n) is 10.6. The summed E-state index contributed by atoms with van der Waals surface area (Å²) in [6, 6.07) is 4.88.